The fourth-order valence-electron chi connectivity index (χ4n) is 13.6. The van der Waals surface area contributed by atoms with Crippen molar-refractivity contribution in [2.45, 2.75) is 171 Å². The monoisotopic (exact) mass is 1140 g/mol. The highest BCUT2D eigenvalue weighted by Gasteiger charge is 2.47. The van der Waals surface area contributed by atoms with Gasteiger partial charge in [-0.2, -0.15) is 0 Å². The third kappa shape index (κ3) is 11.1. The molecule has 444 valence electrons. The summed E-state index contributed by atoms with van der Waals surface area (Å²) in [5.41, 5.74) is 15.1. The normalized spacial score (nSPS) is 21.9. The Kier molecular flexibility index (Phi) is 15.9. The highest BCUT2D eigenvalue weighted by molar-refractivity contribution is 5.88. The highest BCUT2D eigenvalue weighted by Crippen LogP contribution is 2.52. The molecule has 3 aliphatic carbocycles. The van der Waals surface area contributed by atoms with Crippen molar-refractivity contribution in [3.05, 3.63) is 211 Å². The first-order chi connectivity index (χ1) is 39.5. The minimum atomic E-state index is -0.982. The molecular formula is C72H84O12. The molecule has 3 aliphatic heterocycles. The predicted octanol–water partition coefficient (Wildman–Crippen LogP) is 14.9. The molecule has 0 spiro atoms. The molecule has 12 nitrogen and oxygen atoms in total. The first kappa shape index (κ1) is 60.6. The van der Waals surface area contributed by atoms with Gasteiger partial charge in [-0.3, -0.25) is 0 Å². The smallest absolute Gasteiger partial charge is 0.335 e. The number of benzene rings is 6. The lowest BCUT2D eigenvalue weighted by molar-refractivity contribution is -0.130. The lowest BCUT2D eigenvalue weighted by Crippen LogP contribution is -2.35. The summed E-state index contributed by atoms with van der Waals surface area (Å²) in [5.74, 6) is -5.76. The summed E-state index contributed by atoms with van der Waals surface area (Å²) in [5, 5.41) is 27.6. The third-order valence-electron chi connectivity index (χ3n) is 19.3. The Bertz CT molecular complexity index is 3070. The van der Waals surface area contributed by atoms with Crippen molar-refractivity contribution < 1.29 is 58.1 Å². The van der Waals surface area contributed by atoms with Crippen LogP contribution in [0.2, 0.25) is 0 Å². The molecule has 84 heavy (non-hydrogen) atoms. The Labute approximate surface area is 495 Å². The van der Waals surface area contributed by atoms with E-state index in [1.54, 1.807) is 72.8 Å². The molecule has 3 saturated heterocycles. The fraction of sp³-hybridized carbons (Fsp3) is 0.458. The maximum Gasteiger partial charge on any atom is 0.335 e. The SMILES string of the molecule is CC1(C)CCC(C)(C)c2cc(C3(c4ccc(C(=O)O)cc4)OCCO3)ccc21.CC1(C)CCC(C)(C)c2cc(C3(c4ccc(C(=O)O)cc4)OCCO3)ccc21.CC1(C)CCC(C)(C)c2cc(C3(c4ccc(C(=O)O)cc4)OCCO3)ccc21. The topological polar surface area (TPSA) is 167 Å². The molecule has 0 radical (unpaired) electrons. The first-order valence-electron chi connectivity index (χ1n) is 29.8. The zero-order valence-electron chi connectivity index (χ0n) is 51.1. The van der Waals surface area contributed by atoms with Gasteiger partial charge in [-0.05, 0) is 159 Å². The second-order valence-electron chi connectivity index (χ2n) is 27.7. The highest BCUT2D eigenvalue weighted by atomic mass is 16.7. The van der Waals surface area contributed by atoms with E-state index in [1.165, 1.54) is 52.6 Å². The summed E-state index contributed by atoms with van der Waals surface area (Å²) < 4.78 is 36.9. The number of carbonyl (C=O) groups is 3. The zero-order chi connectivity index (χ0) is 60.5. The molecular weight excluding hydrogens is 1060 g/mol. The van der Waals surface area contributed by atoms with Crippen LogP contribution in [-0.4, -0.2) is 72.9 Å². The van der Waals surface area contributed by atoms with Gasteiger partial charge in [0, 0.05) is 33.4 Å². The van der Waals surface area contributed by atoms with Crippen molar-refractivity contribution in [2.75, 3.05) is 39.6 Å². The lowest BCUT2D eigenvalue weighted by Gasteiger charge is -2.42. The Morgan fingerprint density at radius 1 is 0.274 bits per heavy atom. The van der Waals surface area contributed by atoms with Crippen molar-refractivity contribution in [2.24, 2.45) is 0 Å². The second-order valence-corrected chi connectivity index (χ2v) is 27.7. The summed E-state index contributed by atoms with van der Waals surface area (Å²) in [6.45, 7) is 30.7. The van der Waals surface area contributed by atoms with E-state index < -0.39 is 35.3 Å². The van der Waals surface area contributed by atoms with Gasteiger partial charge in [0.25, 0.3) is 0 Å². The van der Waals surface area contributed by atoms with Gasteiger partial charge in [-0.25, -0.2) is 14.4 Å². The number of aromatic carboxylic acids is 3. The van der Waals surface area contributed by atoms with E-state index in [0.717, 1.165) is 52.6 Å². The van der Waals surface area contributed by atoms with Gasteiger partial charge in [0.2, 0.25) is 17.4 Å². The van der Waals surface area contributed by atoms with Gasteiger partial charge in [0.15, 0.2) is 0 Å². The van der Waals surface area contributed by atoms with Crippen LogP contribution in [0.25, 0.3) is 0 Å². The van der Waals surface area contributed by atoms with Crippen LogP contribution >= 0.6 is 0 Å². The average Bonchev–Trinajstić information content (AvgIpc) is 1.55. The van der Waals surface area contributed by atoms with Crippen molar-refractivity contribution in [3.63, 3.8) is 0 Å². The van der Waals surface area contributed by atoms with Gasteiger partial charge in [-0.15, -0.1) is 0 Å². The van der Waals surface area contributed by atoms with Gasteiger partial charge in [0.1, 0.15) is 0 Å². The Morgan fingerprint density at radius 3 is 0.643 bits per heavy atom. The molecule has 6 aromatic carbocycles. The minimum Gasteiger partial charge on any atom is -0.478 e. The minimum absolute atomic E-state index is 0.0911. The fourth-order valence-corrected chi connectivity index (χ4v) is 13.6. The molecule has 0 aromatic heterocycles. The number of ether oxygens (including phenoxy) is 6. The summed E-state index contributed by atoms with van der Waals surface area (Å²) in [6, 6.07) is 40.1. The van der Waals surface area contributed by atoms with Crippen molar-refractivity contribution in [3.8, 4) is 0 Å². The Balaban J connectivity index is 0.000000140. The number of carboxylic acids is 3. The van der Waals surface area contributed by atoms with Crippen molar-refractivity contribution >= 4 is 17.9 Å². The largest absolute Gasteiger partial charge is 0.478 e. The molecule has 6 aromatic rings. The average molecular weight is 1140 g/mol. The maximum absolute atomic E-state index is 11.2. The van der Waals surface area contributed by atoms with Crippen LogP contribution in [0.3, 0.4) is 0 Å². The van der Waals surface area contributed by atoms with Crippen LogP contribution in [0.1, 0.15) is 219 Å². The number of hydrogen-bond acceptors (Lipinski definition) is 9. The van der Waals surface area contributed by atoms with E-state index in [-0.39, 0.29) is 49.2 Å². The molecule has 0 atom stereocenters. The predicted molar refractivity (Wildman–Crippen MR) is 323 cm³/mol. The van der Waals surface area contributed by atoms with E-state index in [9.17, 15) is 29.7 Å². The molecule has 0 unspecified atom stereocenters. The van der Waals surface area contributed by atoms with Crippen LogP contribution < -0.4 is 0 Å². The number of hydrogen-bond donors (Lipinski definition) is 3. The van der Waals surface area contributed by atoms with Crippen molar-refractivity contribution in [1.82, 2.24) is 0 Å². The van der Waals surface area contributed by atoms with Gasteiger partial charge >= 0.3 is 17.9 Å². The molecule has 0 amide bonds. The maximum atomic E-state index is 11.2. The molecule has 12 heteroatoms. The molecule has 3 heterocycles. The van der Waals surface area contributed by atoms with E-state index in [2.05, 4.69) is 138 Å². The number of fused-ring (bicyclic) bond motifs is 3. The molecule has 6 aliphatic rings. The number of rotatable bonds is 9. The quantitative estimate of drug-likeness (QED) is 0.126. The molecule has 0 bridgehead atoms. The molecule has 12 rings (SSSR count). The summed E-state index contributed by atoms with van der Waals surface area (Å²) in [4.78, 5) is 33.6. The lowest BCUT2D eigenvalue weighted by atomic mass is 9.62. The van der Waals surface area contributed by atoms with Crippen molar-refractivity contribution in [1.29, 1.82) is 0 Å². The standard InChI is InChI=1S/3C24H28O4/c3*1-22(2)11-12-23(3,4)20-15-18(9-10-19(20)22)24(27-13-14-28-24)17-7-5-16(6-8-17)21(25)26/h3*5-10,15H,11-14H2,1-4H3,(H,25,26). The number of carboxylic acid groups (broad SMARTS) is 3. The van der Waals surface area contributed by atoms with Crippen LogP contribution in [-0.2, 0) is 78.3 Å². The summed E-state index contributed by atoms with van der Waals surface area (Å²) in [7, 11) is 0. The van der Waals surface area contributed by atoms with E-state index in [4.69, 9.17) is 28.4 Å². The Hall–Kier alpha value is -6.51. The third-order valence-corrected chi connectivity index (χ3v) is 19.3. The summed E-state index contributed by atoms with van der Waals surface area (Å²) in [6.07, 6.45) is 6.92. The van der Waals surface area contributed by atoms with E-state index in [0.29, 0.717) is 39.6 Å². The second kappa shape index (κ2) is 22.1. The van der Waals surface area contributed by atoms with E-state index >= 15 is 0 Å². The molecule has 3 N–H and O–H groups in total. The molecule has 0 saturated carbocycles. The zero-order valence-corrected chi connectivity index (χ0v) is 51.1. The van der Waals surface area contributed by atoms with Crippen LogP contribution in [0, 0.1) is 0 Å². The summed E-state index contributed by atoms with van der Waals surface area (Å²) >= 11 is 0. The van der Waals surface area contributed by atoms with Gasteiger partial charge in [-0.1, -0.05) is 156 Å². The first-order valence-corrected chi connectivity index (χ1v) is 29.8. The van der Waals surface area contributed by atoms with Crippen LogP contribution in [0.5, 0.6) is 0 Å². The Morgan fingerprint density at radius 2 is 0.452 bits per heavy atom. The van der Waals surface area contributed by atoms with Gasteiger partial charge < -0.3 is 43.7 Å². The van der Waals surface area contributed by atoms with Crippen LogP contribution in [0.15, 0.2) is 127 Å². The van der Waals surface area contributed by atoms with E-state index in [1.807, 2.05) is 0 Å². The van der Waals surface area contributed by atoms with Crippen LogP contribution in [0.4, 0.5) is 0 Å². The molecule has 3 fully saturated rings. The van der Waals surface area contributed by atoms with Gasteiger partial charge in [0.05, 0.1) is 56.3 Å².